The summed E-state index contributed by atoms with van der Waals surface area (Å²) < 4.78 is 22.4. The number of nitrogens with zero attached hydrogens (tertiary/aromatic N) is 2. The van der Waals surface area contributed by atoms with Crippen molar-refractivity contribution in [3.63, 3.8) is 0 Å². The average molecular weight is 477 g/mol. The summed E-state index contributed by atoms with van der Waals surface area (Å²) in [6.45, 7) is 1.44. The van der Waals surface area contributed by atoms with Crippen LogP contribution in [0.2, 0.25) is 0 Å². The predicted molar refractivity (Wildman–Crippen MR) is 135 cm³/mol. The van der Waals surface area contributed by atoms with E-state index >= 15 is 0 Å². The summed E-state index contributed by atoms with van der Waals surface area (Å²) in [6, 6.07) is 14.4. The number of carbonyl (C=O) groups is 1. The topological polar surface area (TPSA) is 93.2 Å². The summed E-state index contributed by atoms with van der Waals surface area (Å²) in [6.07, 6.45) is 7.29. The fraction of sp³-hybridized carbons (Fsp3) is 0.0833. The van der Waals surface area contributed by atoms with Crippen molar-refractivity contribution >= 4 is 53.9 Å². The van der Waals surface area contributed by atoms with E-state index in [1.54, 1.807) is 43.6 Å². The zero-order valence-corrected chi connectivity index (χ0v) is 19.5. The molecule has 0 aliphatic heterocycles. The predicted octanol–water partition coefficient (Wildman–Crippen LogP) is 4.41. The van der Waals surface area contributed by atoms with Crippen LogP contribution >= 0.6 is 11.3 Å². The highest BCUT2D eigenvalue weighted by Gasteiger charge is 2.14. The molecule has 4 aromatic rings. The zero-order valence-electron chi connectivity index (χ0n) is 17.9. The fourth-order valence-electron chi connectivity index (χ4n) is 3.16. The Morgan fingerprint density at radius 3 is 2.61 bits per heavy atom. The molecular weight excluding hydrogens is 456 g/mol. The zero-order chi connectivity index (χ0) is 23.6. The number of ether oxygens (including phenoxy) is 1. The highest BCUT2D eigenvalue weighted by Crippen LogP contribution is 2.32. The number of terminal acetylenes is 1. The van der Waals surface area contributed by atoms with Gasteiger partial charge in [-0.25, -0.2) is 14.2 Å². The summed E-state index contributed by atoms with van der Waals surface area (Å²) in [5.41, 5.74) is 3.20. The molecule has 166 valence electrons. The lowest BCUT2D eigenvalue weighted by Gasteiger charge is -2.15. The maximum absolute atomic E-state index is 13.3. The van der Waals surface area contributed by atoms with Crippen molar-refractivity contribution in [1.29, 1.82) is 0 Å². The van der Waals surface area contributed by atoms with Crippen LogP contribution in [0.3, 0.4) is 0 Å². The molecular formula is C24H20N4O3S2. The minimum atomic E-state index is -2.90. The van der Waals surface area contributed by atoms with Gasteiger partial charge in [0.2, 0.25) is 5.91 Å². The number of aromatic nitrogens is 2. The van der Waals surface area contributed by atoms with E-state index < -0.39 is 9.71 Å². The highest BCUT2D eigenvalue weighted by atomic mass is 32.2. The van der Waals surface area contributed by atoms with E-state index in [1.807, 2.05) is 18.2 Å². The Balaban J connectivity index is 1.69. The molecule has 0 radical (unpaired) electrons. The maximum atomic E-state index is 13.3. The Labute approximate surface area is 196 Å². The normalized spacial score (nSPS) is 12.5. The van der Waals surface area contributed by atoms with E-state index in [0.29, 0.717) is 27.2 Å². The number of thiazole rings is 1. The van der Waals surface area contributed by atoms with Gasteiger partial charge in [0.1, 0.15) is 11.4 Å². The number of carbonyl (C=O) groups excluding carboxylic acids is 1. The molecule has 33 heavy (non-hydrogen) atoms. The number of nitrogens with one attached hydrogen (secondary N) is 2. The van der Waals surface area contributed by atoms with Gasteiger partial charge in [-0.15, -0.1) is 6.42 Å². The quantitative estimate of drug-likeness (QED) is 0.318. The van der Waals surface area contributed by atoms with Crippen LogP contribution in [0.5, 0.6) is 5.75 Å². The van der Waals surface area contributed by atoms with Crippen molar-refractivity contribution < 1.29 is 13.7 Å². The van der Waals surface area contributed by atoms with Crippen LogP contribution in [0.15, 0.2) is 59.6 Å². The largest absolute Gasteiger partial charge is 0.497 e. The Morgan fingerprint density at radius 1 is 1.18 bits per heavy atom. The van der Waals surface area contributed by atoms with E-state index in [1.165, 1.54) is 18.3 Å². The molecule has 1 unspecified atom stereocenters. The molecule has 0 fully saturated rings. The van der Waals surface area contributed by atoms with Gasteiger partial charge in [0.25, 0.3) is 0 Å². The number of methoxy groups -OCH3 is 1. The van der Waals surface area contributed by atoms with E-state index in [2.05, 4.69) is 31.8 Å². The number of amides is 1. The molecule has 0 aliphatic carbocycles. The van der Waals surface area contributed by atoms with Gasteiger partial charge in [0.15, 0.2) is 5.13 Å². The lowest BCUT2D eigenvalue weighted by atomic mass is 10.1. The molecule has 0 saturated heterocycles. The van der Waals surface area contributed by atoms with Gasteiger partial charge >= 0.3 is 0 Å². The van der Waals surface area contributed by atoms with Crippen LogP contribution in [0, 0.1) is 12.3 Å². The summed E-state index contributed by atoms with van der Waals surface area (Å²) in [7, 11) is -1.34. The van der Waals surface area contributed by atoms with Crippen molar-refractivity contribution in [2.24, 2.45) is 0 Å². The Bertz CT molecular complexity index is 1500. The summed E-state index contributed by atoms with van der Waals surface area (Å²) in [5.74, 6) is 6.88. The molecule has 2 aromatic heterocycles. The van der Waals surface area contributed by atoms with Crippen molar-refractivity contribution in [2.45, 2.75) is 11.8 Å². The van der Waals surface area contributed by atoms with Gasteiger partial charge in [-0.3, -0.25) is 4.79 Å². The fourth-order valence-corrected chi connectivity index (χ4v) is 5.31. The molecule has 2 aromatic carbocycles. The third-order valence-electron chi connectivity index (χ3n) is 4.74. The lowest BCUT2D eigenvalue weighted by molar-refractivity contribution is -0.114. The number of hydrogen-bond acceptors (Lipinski definition) is 6. The first-order valence-corrected chi connectivity index (χ1v) is 12.3. The first-order chi connectivity index (χ1) is 15.8. The van der Waals surface area contributed by atoms with Gasteiger partial charge < -0.3 is 14.8 Å². The van der Waals surface area contributed by atoms with Crippen LogP contribution in [-0.4, -0.2) is 33.1 Å². The van der Waals surface area contributed by atoms with Gasteiger partial charge in [-0.1, -0.05) is 17.4 Å². The van der Waals surface area contributed by atoms with Gasteiger partial charge in [-0.2, -0.15) is 0 Å². The lowest BCUT2D eigenvalue weighted by Crippen LogP contribution is -2.14. The first-order valence-electron chi connectivity index (χ1n) is 9.73. The molecule has 0 aliphatic rings. The summed E-state index contributed by atoms with van der Waals surface area (Å²) in [5, 5.41) is 3.24. The number of pyridine rings is 1. The number of anilines is 2. The third-order valence-corrected chi connectivity index (χ3v) is 7.26. The molecule has 4 rings (SSSR count). The van der Waals surface area contributed by atoms with Gasteiger partial charge in [0, 0.05) is 23.6 Å². The maximum Gasteiger partial charge on any atom is 0.223 e. The number of benzene rings is 2. The van der Waals surface area contributed by atoms with Crippen LogP contribution < -0.4 is 14.8 Å². The highest BCUT2D eigenvalue weighted by molar-refractivity contribution is 8.01. The number of hydrogen-bond donors (Lipinski definition) is 2. The summed E-state index contributed by atoms with van der Waals surface area (Å²) in [4.78, 5) is 20.6. The van der Waals surface area contributed by atoms with Crippen molar-refractivity contribution in [3.8, 4) is 29.2 Å². The molecule has 2 heterocycles. The molecule has 9 heteroatoms. The van der Waals surface area contributed by atoms with Crippen molar-refractivity contribution in [2.75, 3.05) is 17.1 Å². The van der Waals surface area contributed by atoms with Crippen molar-refractivity contribution in [1.82, 2.24) is 9.97 Å². The van der Waals surface area contributed by atoms with E-state index in [4.69, 9.17) is 11.2 Å². The van der Waals surface area contributed by atoms with E-state index in [-0.39, 0.29) is 5.91 Å². The minimum Gasteiger partial charge on any atom is -0.497 e. The SMILES string of the molecule is C#Cc1ncc(-c2ccc3nc(NC(C)=O)sc3c2)cc1NS(=C)(=O)c1ccc(OC)cc1. The molecule has 7 nitrogen and oxygen atoms in total. The van der Waals surface area contributed by atoms with E-state index in [9.17, 15) is 9.00 Å². The molecule has 1 atom stereocenters. The Morgan fingerprint density at radius 2 is 1.94 bits per heavy atom. The first kappa shape index (κ1) is 22.3. The number of rotatable bonds is 6. The van der Waals surface area contributed by atoms with Crippen molar-refractivity contribution in [3.05, 3.63) is 60.4 Å². The van der Waals surface area contributed by atoms with Crippen LogP contribution in [0.4, 0.5) is 10.8 Å². The van der Waals surface area contributed by atoms with Crippen LogP contribution in [0.25, 0.3) is 21.3 Å². The van der Waals surface area contributed by atoms with E-state index in [0.717, 1.165) is 21.3 Å². The Hall–Kier alpha value is -3.87. The second kappa shape index (κ2) is 8.94. The van der Waals surface area contributed by atoms with Crippen LogP contribution in [-0.2, 0) is 14.5 Å². The second-order valence-electron chi connectivity index (χ2n) is 7.10. The van der Waals surface area contributed by atoms with Gasteiger partial charge in [0.05, 0.1) is 32.7 Å². The minimum absolute atomic E-state index is 0.173. The standard InChI is InChI=1S/C24H20N4O3S2/c1-5-20-22(28-33(4,30)19-9-7-18(31-3)8-10-19)12-17(14-25-20)16-6-11-21-23(13-16)32-24(27-21)26-15(2)29/h1,6-14H,4H2,2-3H3,(H,28,30)(H,26,27,29). The average Bonchev–Trinajstić information content (AvgIpc) is 3.19. The molecule has 0 spiro atoms. The number of fused-ring (bicyclic) bond motifs is 1. The van der Waals surface area contributed by atoms with Crippen LogP contribution in [0.1, 0.15) is 12.6 Å². The summed E-state index contributed by atoms with van der Waals surface area (Å²) >= 11 is 1.38. The molecule has 0 bridgehead atoms. The molecule has 2 N–H and O–H groups in total. The molecule has 1 amide bonds. The van der Waals surface area contributed by atoms with Gasteiger partial charge in [-0.05, 0) is 59.8 Å². The third kappa shape index (κ3) is 4.82. The smallest absolute Gasteiger partial charge is 0.223 e. The Kier molecular flexibility index (Phi) is 6.05. The second-order valence-corrected chi connectivity index (χ2v) is 10.2. The monoisotopic (exact) mass is 476 g/mol. The molecule has 0 saturated carbocycles.